The van der Waals surface area contributed by atoms with Gasteiger partial charge in [-0.3, -0.25) is 0 Å². The lowest BCUT2D eigenvalue weighted by atomic mass is 10.0. The number of benzene rings is 1. The summed E-state index contributed by atoms with van der Waals surface area (Å²) in [5.41, 5.74) is 1.57. The molecule has 0 saturated heterocycles. The molecule has 1 N–H and O–H groups in total. The van der Waals surface area contributed by atoms with E-state index in [1.165, 1.54) is 0 Å². The Bertz CT molecular complexity index is 532. The van der Waals surface area contributed by atoms with Crippen LogP contribution in [0.15, 0.2) is 29.4 Å². The van der Waals surface area contributed by atoms with E-state index >= 15 is 0 Å². The van der Waals surface area contributed by atoms with Gasteiger partial charge in [0, 0.05) is 12.8 Å². The highest BCUT2D eigenvalue weighted by atomic mass is 32.2. The normalized spacial score (nSPS) is 12.2. The zero-order valence-electron chi connectivity index (χ0n) is 11.2. The van der Waals surface area contributed by atoms with Crippen molar-refractivity contribution in [2.75, 3.05) is 5.75 Å². The van der Waals surface area contributed by atoms with E-state index < -0.39 is 5.60 Å². The summed E-state index contributed by atoms with van der Waals surface area (Å²) in [4.78, 5) is 4.60. The van der Waals surface area contributed by atoms with Gasteiger partial charge in [-0.25, -0.2) is 4.98 Å². The average molecular weight is 264 g/mol. The van der Waals surface area contributed by atoms with Crippen LogP contribution in [0.5, 0.6) is 0 Å². The molecule has 0 spiro atoms. The Morgan fingerprint density at radius 3 is 2.56 bits per heavy atom. The predicted octanol–water partition coefficient (Wildman–Crippen LogP) is 3.22. The van der Waals surface area contributed by atoms with E-state index in [4.69, 9.17) is 0 Å². The molecule has 0 aliphatic rings. The van der Waals surface area contributed by atoms with Crippen LogP contribution in [0.2, 0.25) is 0 Å². The van der Waals surface area contributed by atoms with Gasteiger partial charge in [0.15, 0.2) is 5.16 Å². The number of aryl methyl sites for hydroxylation is 1. The Balaban J connectivity index is 2.20. The Hall–Kier alpha value is -1.00. The number of thioether (sulfide) groups is 1. The molecule has 18 heavy (non-hydrogen) atoms. The van der Waals surface area contributed by atoms with Crippen molar-refractivity contribution in [2.45, 2.75) is 37.4 Å². The minimum Gasteiger partial charge on any atom is -0.389 e. The van der Waals surface area contributed by atoms with Gasteiger partial charge in [-0.15, -0.1) is 0 Å². The standard InChI is InChI=1S/C14H20N2OS/c1-4-14(17,5-2)10-18-13-15-11-8-6-7-9-12(11)16(13)3/h6-9,17H,4-5,10H2,1-3H3. The summed E-state index contributed by atoms with van der Waals surface area (Å²) in [5, 5.41) is 11.3. The fourth-order valence-electron chi connectivity index (χ4n) is 1.91. The molecule has 0 saturated carbocycles. The zero-order valence-corrected chi connectivity index (χ0v) is 12.0. The largest absolute Gasteiger partial charge is 0.389 e. The van der Waals surface area contributed by atoms with Gasteiger partial charge in [0.2, 0.25) is 0 Å². The van der Waals surface area contributed by atoms with Crippen LogP contribution in [-0.4, -0.2) is 26.0 Å². The van der Waals surface area contributed by atoms with Gasteiger partial charge in [0.25, 0.3) is 0 Å². The first-order valence-corrected chi connectivity index (χ1v) is 7.35. The quantitative estimate of drug-likeness (QED) is 0.843. The van der Waals surface area contributed by atoms with Crippen molar-refractivity contribution in [3.63, 3.8) is 0 Å². The molecule has 98 valence electrons. The smallest absolute Gasteiger partial charge is 0.168 e. The maximum absolute atomic E-state index is 10.3. The zero-order chi connectivity index (χ0) is 13.2. The van der Waals surface area contributed by atoms with Crippen molar-refractivity contribution in [1.29, 1.82) is 0 Å². The third-order valence-corrected chi connectivity index (χ3v) is 4.84. The van der Waals surface area contributed by atoms with Crippen LogP contribution in [0.4, 0.5) is 0 Å². The van der Waals surface area contributed by atoms with Crippen molar-refractivity contribution < 1.29 is 5.11 Å². The highest BCUT2D eigenvalue weighted by Crippen LogP contribution is 2.28. The fraction of sp³-hybridized carbons (Fsp3) is 0.500. The van der Waals surface area contributed by atoms with Gasteiger partial charge in [0.05, 0.1) is 16.6 Å². The Morgan fingerprint density at radius 1 is 1.28 bits per heavy atom. The Morgan fingerprint density at radius 2 is 1.94 bits per heavy atom. The summed E-state index contributed by atoms with van der Waals surface area (Å²) in [7, 11) is 2.02. The summed E-state index contributed by atoms with van der Waals surface area (Å²) in [5.74, 6) is 0.692. The number of hydrogen-bond donors (Lipinski definition) is 1. The molecular weight excluding hydrogens is 244 g/mol. The number of hydrogen-bond acceptors (Lipinski definition) is 3. The molecule has 2 rings (SSSR count). The van der Waals surface area contributed by atoms with Crippen molar-refractivity contribution >= 4 is 22.8 Å². The van der Waals surface area contributed by atoms with Crippen LogP contribution >= 0.6 is 11.8 Å². The van der Waals surface area contributed by atoms with E-state index in [0.29, 0.717) is 5.75 Å². The van der Waals surface area contributed by atoms with Gasteiger partial charge >= 0.3 is 0 Å². The van der Waals surface area contributed by atoms with E-state index in [9.17, 15) is 5.11 Å². The average Bonchev–Trinajstić information content (AvgIpc) is 2.73. The number of rotatable bonds is 5. The number of fused-ring (bicyclic) bond motifs is 1. The number of imidazole rings is 1. The molecule has 0 aliphatic carbocycles. The molecular formula is C14H20N2OS. The van der Waals surface area contributed by atoms with Crippen LogP contribution in [0.3, 0.4) is 0 Å². The minimum absolute atomic E-state index is 0.581. The molecule has 0 radical (unpaired) electrons. The highest BCUT2D eigenvalue weighted by molar-refractivity contribution is 7.99. The predicted molar refractivity (Wildman–Crippen MR) is 77.0 cm³/mol. The lowest BCUT2D eigenvalue weighted by Crippen LogP contribution is -2.29. The van der Waals surface area contributed by atoms with Gasteiger partial charge in [-0.2, -0.15) is 0 Å². The summed E-state index contributed by atoms with van der Waals surface area (Å²) in [6, 6.07) is 8.11. The molecule has 0 aliphatic heterocycles. The molecule has 0 bridgehead atoms. The van der Waals surface area contributed by atoms with Crippen LogP contribution in [0, 0.1) is 0 Å². The van der Waals surface area contributed by atoms with Crippen molar-refractivity contribution in [1.82, 2.24) is 9.55 Å². The third kappa shape index (κ3) is 2.54. The second-order valence-corrected chi connectivity index (χ2v) is 5.60. The van der Waals surface area contributed by atoms with Crippen molar-refractivity contribution in [3.05, 3.63) is 24.3 Å². The minimum atomic E-state index is -0.581. The van der Waals surface area contributed by atoms with E-state index in [1.807, 2.05) is 39.1 Å². The first-order valence-electron chi connectivity index (χ1n) is 6.36. The van der Waals surface area contributed by atoms with Gasteiger partial charge < -0.3 is 9.67 Å². The third-order valence-electron chi connectivity index (χ3n) is 3.53. The monoisotopic (exact) mass is 264 g/mol. The molecule has 0 atom stereocenters. The summed E-state index contributed by atoms with van der Waals surface area (Å²) < 4.78 is 2.09. The molecule has 1 aromatic heterocycles. The Kier molecular flexibility index (Phi) is 3.97. The van der Waals surface area contributed by atoms with E-state index in [1.54, 1.807) is 11.8 Å². The van der Waals surface area contributed by atoms with Crippen molar-refractivity contribution in [3.8, 4) is 0 Å². The van der Waals surface area contributed by atoms with E-state index in [0.717, 1.165) is 29.0 Å². The van der Waals surface area contributed by atoms with Crippen LogP contribution in [0.25, 0.3) is 11.0 Å². The Labute approximate surface area is 112 Å². The molecule has 1 heterocycles. The molecule has 3 nitrogen and oxygen atoms in total. The molecule has 4 heteroatoms. The second kappa shape index (κ2) is 5.33. The number of aliphatic hydroxyl groups is 1. The van der Waals surface area contributed by atoms with E-state index in [2.05, 4.69) is 15.6 Å². The second-order valence-electron chi connectivity index (χ2n) is 4.66. The maximum Gasteiger partial charge on any atom is 0.168 e. The molecule has 1 aromatic carbocycles. The lowest BCUT2D eigenvalue weighted by molar-refractivity contribution is 0.0571. The van der Waals surface area contributed by atoms with Gasteiger partial charge in [-0.05, 0) is 25.0 Å². The van der Waals surface area contributed by atoms with E-state index in [-0.39, 0.29) is 0 Å². The van der Waals surface area contributed by atoms with Crippen LogP contribution < -0.4 is 0 Å². The van der Waals surface area contributed by atoms with Gasteiger partial charge in [-0.1, -0.05) is 37.7 Å². The highest BCUT2D eigenvalue weighted by Gasteiger charge is 2.23. The SMILES string of the molecule is CCC(O)(CC)CSc1nc2ccccc2n1C. The van der Waals surface area contributed by atoms with Gasteiger partial charge in [0.1, 0.15) is 0 Å². The first-order chi connectivity index (χ1) is 8.59. The maximum atomic E-state index is 10.3. The lowest BCUT2D eigenvalue weighted by Gasteiger charge is -2.24. The molecule has 2 aromatic rings. The number of para-hydroxylation sites is 2. The van der Waals surface area contributed by atoms with Crippen LogP contribution in [0.1, 0.15) is 26.7 Å². The summed E-state index contributed by atoms with van der Waals surface area (Å²) >= 11 is 1.63. The fourth-order valence-corrected chi connectivity index (χ4v) is 3.17. The van der Waals surface area contributed by atoms with Crippen molar-refractivity contribution in [2.24, 2.45) is 7.05 Å². The summed E-state index contributed by atoms with van der Waals surface area (Å²) in [6.07, 6.45) is 1.56. The van der Waals surface area contributed by atoms with Crippen LogP contribution in [-0.2, 0) is 7.05 Å². The summed E-state index contributed by atoms with van der Waals surface area (Å²) in [6.45, 7) is 4.05. The number of aromatic nitrogens is 2. The topological polar surface area (TPSA) is 38.1 Å². The molecule has 0 unspecified atom stereocenters. The first kappa shape index (κ1) is 13.4. The molecule has 0 amide bonds. The number of nitrogens with zero attached hydrogens (tertiary/aromatic N) is 2. The molecule has 0 fully saturated rings.